The number of hydrogen-bond donors (Lipinski definition) is 1. The van der Waals surface area contributed by atoms with E-state index in [4.69, 9.17) is 5.73 Å². The fourth-order valence-electron chi connectivity index (χ4n) is 0.840. The summed E-state index contributed by atoms with van der Waals surface area (Å²) in [6.07, 6.45) is 0. The summed E-state index contributed by atoms with van der Waals surface area (Å²) in [7, 11) is 0. The van der Waals surface area contributed by atoms with Crippen molar-refractivity contribution in [3.63, 3.8) is 0 Å². The van der Waals surface area contributed by atoms with Crippen LogP contribution < -0.4 is 5.73 Å². The number of alkyl halides is 2. The molecule has 0 atom stereocenters. The topological polar surface area (TPSA) is 26.0 Å². The maximum absolute atomic E-state index is 12.0. The molecule has 0 radical (unpaired) electrons. The second-order valence-corrected chi connectivity index (χ2v) is 3.44. The largest absolute Gasteiger partial charge is 0.399 e. The number of halogens is 2. The summed E-state index contributed by atoms with van der Waals surface area (Å²) in [5, 5.41) is 0. The SMILES string of the molecule is Cc1ccc(N)cc1SC(F)F. The third kappa shape index (κ3) is 2.37. The summed E-state index contributed by atoms with van der Waals surface area (Å²) in [6, 6.07) is 5.00. The lowest BCUT2D eigenvalue weighted by Gasteiger charge is -2.04. The van der Waals surface area contributed by atoms with E-state index in [1.807, 2.05) is 0 Å². The van der Waals surface area contributed by atoms with Crippen LogP contribution in [0.15, 0.2) is 23.1 Å². The van der Waals surface area contributed by atoms with Crippen LogP contribution in [-0.2, 0) is 0 Å². The molecule has 1 rings (SSSR count). The van der Waals surface area contributed by atoms with E-state index in [9.17, 15) is 8.78 Å². The van der Waals surface area contributed by atoms with Gasteiger partial charge in [0.05, 0.1) is 0 Å². The Morgan fingerprint density at radius 3 is 2.67 bits per heavy atom. The van der Waals surface area contributed by atoms with Crippen LogP contribution in [0.1, 0.15) is 5.56 Å². The molecule has 0 amide bonds. The fourth-order valence-corrected chi connectivity index (χ4v) is 1.49. The Hall–Kier alpha value is -0.770. The summed E-state index contributed by atoms with van der Waals surface area (Å²) < 4.78 is 23.9. The molecule has 66 valence electrons. The molecule has 0 unspecified atom stereocenters. The number of hydrogen-bond acceptors (Lipinski definition) is 2. The van der Waals surface area contributed by atoms with Gasteiger partial charge in [0.1, 0.15) is 0 Å². The number of nitrogens with two attached hydrogens (primary N) is 1. The first-order valence-corrected chi connectivity index (χ1v) is 4.28. The van der Waals surface area contributed by atoms with E-state index in [0.29, 0.717) is 22.3 Å². The molecule has 0 aliphatic heterocycles. The van der Waals surface area contributed by atoms with Crippen LogP contribution >= 0.6 is 11.8 Å². The van der Waals surface area contributed by atoms with Crippen LogP contribution in [-0.4, -0.2) is 5.76 Å². The van der Waals surface area contributed by atoms with E-state index in [2.05, 4.69) is 0 Å². The van der Waals surface area contributed by atoms with Crippen molar-refractivity contribution < 1.29 is 8.78 Å². The molecule has 0 aromatic heterocycles. The molecule has 0 aliphatic carbocycles. The Kier molecular flexibility index (Phi) is 2.92. The normalized spacial score (nSPS) is 10.7. The number of nitrogen functional groups attached to an aromatic ring is 1. The van der Waals surface area contributed by atoms with Crippen LogP contribution in [0.2, 0.25) is 0 Å². The lowest BCUT2D eigenvalue weighted by atomic mass is 10.2. The minimum atomic E-state index is -2.38. The Balaban J connectivity index is 2.90. The Bertz CT molecular complexity index is 276. The standard InChI is InChI=1S/C8H9F2NS/c1-5-2-3-6(11)4-7(5)12-8(9)10/h2-4,8H,11H2,1H3. The second-order valence-electron chi connectivity index (χ2n) is 2.40. The van der Waals surface area contributed by atoms with Crippen LogP contribution in [0.3, 0.4) is 0 Å². The van der Waals surface area contributed by atoms with Gasteiger partial charge in [-0.05, 0) is 24.6 Å². The van der Waals surface area contributed by atoms with Crippen molar-refractivity contribution >= 4 is 17.4 Å². The highest BCUT2D eigenvalue weighted by atomic mass is 32.2. The summed E-state index contributed by atoms with van der Waals surface area (Å²) >= 11 is 0.526. The van der Waals surface area contributed by atoms with Gasteiger partial charge < -0.3 is 5.73 Å². The van der Waals surface area contributed by atoms with Crippen LogP contribution in [0.5, 0.6) is 0 Å². The molecule has 0 spiro atoms. The van der Waals surface area contributed by atoms with Gasteiger partial charge in [-0.25, -0.2) is 0 Å². The first kappa shape index (κ1) is 9.32. The Labute approximate surface area is 74.0 Å². The maximum atomic E-state index is 12.0. The molecule has 0 heterocycles. The highest BCUT2D eigenvalue weighted by molar-refractivity contribution is 7.99. The molecule has 1 nitrogen and oxygen atoms in total. The molecular formula is C8H9F2NS. The smallest absolute Gasteiger partial charge is 0.288 e. The average Bonchev–Trinajstić information content (AvgIpc) is 1.96. The van der Waals surface area contributed by atoms with Gasteiger partial charge in [-0.15, -0.1) is 0 Å². The van der Waals surface area contributed by atoms with Gasteiger partial charge in [0, 0.05) is 10.6 Å². The van der Waals surface area contributed by atoms with E-state index in [0.717, 1.165) is 5.56 Å². The zero-order valence-corrected chi connectivity index (χ0v) is 7.37. The van der Waals surface area contributed by atoms with Crippen molar-refractivity contribution in [1.82, 2.24) is 0 Å². The number of thioether (sulfide) groups is 1. The molecule has 1 aromatic carbocycles. The first-order valence-electron chi connectivity index (χ1n) is 3.40. The summed E-state index contributed by atoms with van der Waals surface area (Å²) in [5.74, 6) is -2.38. The van der Waals surface area contributed by atoms with E-state index < -0.39 is 5.76 Å². The minimum Gasteiger partial charge on any atom is -0.399 e. The number of benzene rings is 1. The maximum Gasteiger partial charge on any atom is 0.288 e. The van der Waals surface area contributed by atoms with E-state index >= 15 is 0 Å². The van der Waals surface area contributed by atoms with E-state index in [-0.39, 0.29) is 0 Å². The first-order chi connectivity index (χ1) is 5.59. The van der Waals surface area contributed by atoms with Crippen molar-refractivity contribution in [2.24, 2.45) is 0 Å². The van der Waals surface area contributed by atoms with Crippen molar-refractivity contribution in [3.05, 3.63) is 23.8 Å². The monoisotopic (exact) mass is 189 g/mol. The van der Waals surface area contributed by atoms with Gasteiger partial charge >= 0.3 is 0 Å². The van der Waals surface area contributed by atoms with Gasteiger partial charge in [-0.3, -0.25) is 0 Å². The number of anilines is 1. The van der Waals surface area contributed by atoms with Crippen LogP contribution in [0, 0.1) is 6.92 Å². The quantitative estimate of drug-likeness (QED) is 0.571. The number of aryl methyl sites for hydroxylation is 1. The second kappa shape index (κ2) is 3.76. The molecule has 0 bridgehead atoms. The summed E-state index contributed by atoms with van der Waals surface area (Å²) in [4.78, 5) is 0.546. The predicted octanol–water partition coefficient (Wildman–Crippen LogP) is 2.89. The molecule has 12 heavy (non-hydrogen) atoms. The van der Waals surface area contributed by atoms with Crippen LogP contribution in [0.25, 0.3) is 0 Å². The van der Waals surface area contributed by atoms with Crippen molar-refractivity contribution in [2.75, 3.05) is 5.73 Å². The van der Waals surface area contributed by atoms with E-state index in [1.165, 1.54) is 0 Å². The van der Waals surface area contributed by atoms with Gasteiger partial charge in [0.2, 0.25) is 0 Å². The number of rotatable bonds is 2. The van der Waals surface area contributed by atoms with Crippen molar-refractivity contribution in [2.45, 2.75) is 17.6 Å². The molecule has 4 heteroatoms. The predicted molar refractivity (Wildman–Crippen MR) is 47.5 cm³/mol. The Morgan fingerprint density at radius 1 is 1.42 bits per heavy atom. The van der Waals surface area contributed by atoms with Gasteiger partial charge in [-0.1, -0.05) is 17.8 Å². The third-order valence-electron chi connectivity index (χ3n) is 1.43. The summed E-state index contributed by atoms with van der Waals surface area (Å²) in [5.41, 5.74) is 6.79. The van der Waals surface area contributed by atoms with Crippen molar-refractivity contribution in [1.29, 1.82) is 0 Å². The lowest BCUT2D eigenvalue weighted by Crippen LogP contribution is -1.89. The zero-order valence-electron chi connectivity index (χ0n) is 6.55. The van der Waals surface area contributed by atoms with Gasteiger partial charge in [0.15, 0.2) is 0 Å². The molecule has 0 aliphatic rings. The molecule has 2 N–H and O–H groups in total. The average molecular weight is 189 g/mol. The molecule has 0 saturated carbocycles. The molecule has 0 saturated heterocycles. The van der Waals surface area contributed by atoms with Crippen LogP contribution in [0.4, 0.5) is 14.5 Å². The molecular weight excluding hydrogens is 180 g/mol. The third-order valence-corrected chi connectivity index (χ3v) is 2.30. The van der Waals surface area contributed by atoms with Crippen molar-refractivity contribution in [3.8, 4) is 0 Å². The Morgan fingerprint density at radius 2 is 2.08 bits per heavy atom. The molecule has 1 aromatic rings. The lowest BCUT2D eigenvalue weighted by molar-refractivity contribution is 0.252. The zero-order chi connectivity index (χ0) is 9.14. The minimum absolute atomic E-state index is 0.517. The van der Waals surface area contributed by atoms with E-state index in [1.54, 1.807) is 25.1 Å². The van der Waals surface area contributed by atoms with Gasteiger partial charge in [-0.2, -0.15) is 8.78 Å². The fraction of sp³-hybridized carbons (Fsp3) is 0.250. The highest BCUT2D eigenvalue weighted by Gasteiger charge is 2.07. The summed E-state index contributed by atoms with van der Waals surface area (Å²) in [6.45, 7) is 1.78. The molecule has 0 fully saturated rings. The highest BCUT2D eigenvalue weighted by Crippen LogP contribution is 2.29. The van der Waals surface area contributed by atoms with Gasteiger partial charge in [0.25, 0.3) is 5.76 Å².